The molecule has 0 bridgehead atoms. The maximum absolute atomic E-state index is 11.2. The lowest BCUT2D eigenvalue weighted by atomic mass is 9.85. The lowest BCUT2D eigenvalue weighted by Gasteiger charge is -2.43. The molecule has 112 valence electrons. The van der Waals surface area contributed by atoms with Crippen LogP contribution in [0.25, 0.3) is 0 Å². The number of methoxy groups -OCH3 is 1. The first-order chi connectivity index (χ1) is 9.45. The topological polar surface area (TPSA) is 90.6 Å². The molecule has 0 heterocycles. The van der Waals surface area contributed by atoms with Crippen molar-refractivity contribution in [2.75, 3.05) is 19.0 Å². The van der Waals surface area contributed by atoms with Crippen LogP contribution in [0.3, 0.4) is 0 Å². The van der Waals surface area contributed by atoms with Crippen LogP contribution < -0.4 is 10.5 Å². The lowest BCUT2D eigenvalue weighted by molar-refractivity contribution is -0.118. The minimum absolute atomic E-state index is 0.00728. The number of benzene rings is 1. The second-order valence-electron chi connectivity index (χ2n) is 4.75. The fraction of sp³-hybridized carbons (Fsp3) is 0.538. The predicted octanol–water partition coefficient (Wildman–Crippen LogP) is 0.938. The van der Waals surface area contributed by atoms with Crippen LogP contribution in [-0.4, -0.2) is 40.4 Å². The minimum Gasteiger partial charge on any atom is -0.379 e. The van der Waals surface area contributed by atoms with Crippen molar-refractivity contribution >= 4 is 15.7 Å². The normalized spacial score (nSPS) is 26.1. The maximum Gasteiger partial charge on any atom is 0.238 e. The van der Waals surface area contributed by atoms with Crippen molar-refractivity contribution in [3.63, 3.8) is 0 Å². The van der Waals surface area contributed by atoms with Gasteiger partial charge in [-0.3, -0.25) is 0 Å². The molecule has 0 amide bonds. The Hall–Kier alpha value is -1.15. The third-order valence-electron chi connectivity index (χ3n) is 3.44. The average molecular weight is 300 g/mol. The summed E-state index contributed by atoms with van der Waals surface area (Å²) in [5, 5.41) is 8.36. The molecule has 3 atom stereocenters. The number of nitrogens with one attached hydrogen (secondary N) is 1. The number of hydrogen-bond donors (Lipinski definition) is 2. The zero-order valence-electron chi connectivity index (χ0n) is 11.6. The summed E-state index contributed by atoms with van der Waals surface area (Å²) in [7, 11) is -1.98. The van der Waals surface area contributed by atoms with E-state index in [-0.39, 0.29) is 23.1 Å². The zero-order chi connectivity index (χ0) is 14.8. The summed E-state index contributed by atoms with van der Waals surface area (Å²) in [6, 6.07) is 6.52. The van der Waals surface area contributed by atoms with Crippen LogP contribution in [0.15, 0.2) is 29.2 Å². The first-order valence-corrected chi connectivity index (χ1v) is 8.04. The summed E-state index contributed by atoms with van der Waals surface area (Å²) in [5.41, 5.74) is 0.833. The fourth-order valence-electron chi connectivity index (χ4n) is 2.37. The number of rotatable bonds is 6. The van der Waals surface area contributed by atoms with E-state index < -0.39 is 10.0 Å². The van der Waals surface area contributed by atoms with Crippen LogP contribution in [0, 0.1) is 0 Å². The van der Waals surface area contributed by atoms with Crippen molar-refractivity contribution < 1.29 is 17.9 Å². The van der Waals surface area contributed by atoms with Gasteiger partial charge in [0, 0.05) is 19.4 Å². The van der Waals surface area contributed by atoms with E-state index in [2.05, 4.69) is 5.32 Å². The molecule has 1 aromatic carbocycles. The van der Waals surface area contributed by atoms with Gasteiger partial charge in [0.05, 0.1) is 17.0 Å². The average Bonchev–Trinajstić information content (AvgIpc) is 2.37. The molecule has 1 aliphatic carbocycles. The fourth-order valence-corrected chi connectivity index (χ4v) is 2.89. The molecule has 6 nitrogen and oxygen atoms in total. The van der Waals surface area contributed by atoms with Gasteiger partial charge in [-0.2, -0.15) is 0 Å². The minimum atomic E-state index is -3.64. The van der Waals surface area contributed by atoms with Crippen LogP contribution in [0.1, 0.15) is 13.3 Å². The van der Waals surface area contributed by atoms with Crippen LogP contribution in [0.2, 0.25) is 0 Å². The van der Waals surface area contributed by atoms with Crippen LogP contribution >= 0.6 is 0 Å². The van der Waals surface area contributed by atoms with Gasteiger partial charge in [0.25, 0.3) is 0 Å². The van der Waals surface area contributed by atoms with Crippen molar-refractivity contribution in [2.24, 2.45) is 5.14 Å². The zero-order valence-corrected chi connectivity index (χ0v) is 12.4. The monoisotopic (exact) mass is 300 g/mol. The highest BCUT2D eigenvalue weighted by Crippen LogP contribution is 2.30. The van der Waals surface area contributed by atoms with Gasteiger partial charge in [0.15, 0.2) is 0 Å². The second kappa shape index (κ2) is 6.09. The number of sulfonamides is 1. The summed E-state index contributed by atoms with van der Waals surface area (Å²) in [4.78, 5) is 0.104. The van der Waals surface area contributed by atoms with E-state index in [0.29, 0.717) is 6.61 Å². The Morgan fingerprint density at radius 1 is 1.35 bits per heavy atom. The van der Waals surface area contributed by atoms with E-state index in [4.69, 9.17) is 14.6 Å². The van der Waals surface area contributed by atoms with E-state index in [1.165, 1.54) is 12.1 Å². The van der Waals surface area contributed by atoms with E-state index in [9.17, 15) is 8.42 Å². The van der Waals surface area contributed by atoms with Crippen molar-refractivity contribution in [3.8, 4) is 0 Å². The molecule has 20 heavy (non-hydrogen) atoms. The number of primary sulfonamides is 1. The highest BCUT2D eigenvalue weighted by atomic mass is 32.2. The summed E-state index contributed by atoms with van der Waals surface area (Å²) < 4.78 is 33.3. The van der Waals surface area contributed by atoms with Gasteiger partial charge in [-0.15, -0.1) is 0 Å². The highest BCUT2D eigenvalue weighted by molar-refractivity contribution is 7.89. The van der Waals surface area contributed by atoms with Gasteiger partial charge in [-0.25, -0.2) is 13.6 Å². The Kier molecular flexibility index (Phi) is 4.64. The van der Waals surface area contributed by atoms with Crippen LogP contribution in [0.5, 0.6) is 0 Å². The van der Waals surface area contributed by atoms with Gasteiger partial charge < -0.3 is 14.8 Å². The maximum atomic E-state index is 11.2. The molecule has 1 fully saturated rings. The molecule has 0 aliphatic heterocycles. The molecule has 7 heteroatoms. The molecule has 2 rings (SSSR count). The molecule has 3 unspecified atom stereocenters. The smallest absolute Gasteiger partial charge is 0.238 e. The molecule has 0 spiro atoms. The van der Waals surface area contributed by atoms with Crippen molar-refractivity contribution in [2.45, 2.75) is 36.5 Å². The van der Waals surface area contributed by atoms with Crippen LogP contribution in [0.4, 0.5) is 5.69 Å². The Labute approximate surface area is 119 Å². The van der Waals surface area contributed by atoms with Gasteiger partial charge in [-0.05, 0) is 37.6 Å². The molecule has 0 radical (unpaired) electrons. The Morgan fingerprint density at radius 2 is 2.00 bits per heavy atom. The van der Waals surface area contributed by atoms with Crippen molar-refractivity contribution in [1.29, 1.82) is 0 Å². The predicted molar refractivity (Wildman–Crippen MR) is 76.1 cm³/mol. The molecule has 3 N–H and O–H groups in total. The number of nitrogens with two attached hydrogens (primary N) is 1. The van der Waals surface area contributed by atoms with Crippen LogP contribution in [-0.2, 0) is 19.5 Å². The van der Waals surface area contributed by atoms with Crippen molar-refractivity contribution in [3.05, 3.63) is 24.3 Å². The molecular formula is C13H20N2O4S. The van der Waals surface area contributed by atoms with Gasteiger partial charge >= 0.3 is 0 Å². The molecule has 0 aromatic heterocycles. The molecule has 1 saturated carbocycles. The first kappa shape index (κ1) is 15.2. The summed E-state index contributed by atoms with van der Waals surface area (Å²) in [6.45, 7) is 2.62. The first-order valence-electron chi connectivity index (χ1n) is 6.49. The molecule has 1 aromatic rings. The van der Waals surface area contributed by atoms with Gasteiger partial charge in [0.2, 0.25) is 10.0 Å². The number of hydrogen-bond acceptors (Lipinski definition) is 5. The Morgan fingerprint density at radius 3 is 2.50 bits per heavy atom. The standard InChI is InChI=1S/C13H20N2O4S/c1-3-19-12-8-11(13(12)18-2)15-9-4-6-10(7-5-9)20(14,16)17/h4-7,11-13,15H,3,8H2,1-2H3,(H2,14,16,17). The SMILES string of the molecule is CCOC1CC(Nc2ccc(S(N)(=O)=O)cc2)C1OC. The highest BCUT2D eigenvalue weighted by Gasteiger charge is 2.42. The largest absolute Gasteiger partial charge is 0.379 e. The van der Waals surface area contributed by atoms with E-state index in [0.717, 1.165) is 12.1 Å². The second-order valence-corrected chi connectivity index (χ2v) is 6.31. The Balaban J connectivity index is 1.98. The van der Waals surface area contributed by atoms with E-state index in [1.54, 1.807) is 19.2 Å². The van der Waals surface area contributed by atoms with Gasteiger partial charge in [0.1, 0.15) is 6.10 Å². The third-order valence-corrected chi connectivity index (χ3v) is 4.37. The van der Waals surface area contributed by atoms with E-state index in [1.807, 2.05) is 6.92 Å². The lowest BCUT2D eigenvalue weighted by Crippen LogP contribution is -2.56. The van der Waals surface area contributed by atoms with Crippen molar-refractivity contribution in [1.82, 2.24) is 0 Å². The van der Waals surface area contributed by atoms with E-state index >= 15 is 0 Å². The quantitative estimate of drug-likeness (QED) is 0.816. The third kappa shape index (κ3) is 3.29. The molecular weight excluding hydrogens is 280 g/mol. The summed E-state index contributed by atoms with van der Waals surface area (Å²) in [6.07, 6.45) is 0.989. The molecule has 1 aliphatic rings. The summed E-state index contributed by atoms with van der Waals surface area (Å²) >= 11 is 0. The van der Waals surface area contributed by atoms with Gasteiger partial charge in [-0.1, -0.05) is 0 Å². The summed E-state index contributed by atoms with van der Waals surface area (Å²) in [5.74, 6) is 0. The Bertz CT molecular complexity index is 544. The number of ether oxygens (including phenoxy) is 2. The molecule has 0 saturated heterocycles. The number of anilines is 1.